The quantitative estimate of drug-likeness (QED) is 0.171. The van der Waals surface area contributed by atoms with Crippen molar-refractivity contribution in [3.05, 3.63) is 88.9 Å². The molecule has 6 heterocycles. The number of likely N-dealkylation sites (tertiary alicyclic amines) is 1. The zero-order valence-corrected chi connectivity index (χ0v) is 31.9. The molecule has 0 aliphatic carbocycles. The van der Waals surface area contributed by atoms with Crippen LogP contribution in [-0.2, 0) is 45.4 Å². The lowest BCUT2D eigenvalue weighted by molar-refractivity contribution is -0.143. The fourth-order valence-electron chi connectivity index (χ4n) is 8.03. The van der Waals surface area contributed by atoms with E-state index in [0.717, 1.165) is 29.1 Å². The third kappa shape index (κ3) is 8.53. The molecule has 14 nitrogen and oxygen atoms in total. The molecule has 3 amide bonds. The van der Waals surface area contributed by atoms with Gasteiger partial charge in [0.2, 0.25) is 27.8 Å². The molecule has 3 saturated heterocycles. The Bertz CT molecular complexity index is 2410. The average molecular weight is 846 g/mol. The van der Waals surface area contributed by atoms with E-state index in [4.69, 9.17) is 0 Å². The number of carbonyl (C=O) groups excluding carboxylic acids is 3. The topological polar surface area (TPSA) is 163 Å². The average Bonchev–Trinajstić information content (AvgIpc) is 3.75. The van der Waals surface area contributed by atoms with Crippen LogP contribution in [0.25, 0.3) is 11.3 Å². The molecule has 59 heavy (non-hydrogen) atoms. The van der Waals surface area contributed by atoms with E-state index in [9.17, 15) is 49.1 Å². The van der Waals surface area contributed by atoms with Crippen molar-refractivity contribution in [1.29, 1.82) is 0 Å². The Kier molecular flexibility index (Phi) is 10.5. The number of hydrogen-bond acceptors (Lipinski definition) is 10. The first kappa shape index (κ1) is 40.4. The summed E-state index contributed by atoms with van der Waals surface area (Å²) >= 11 is 0. The van der Waals surface area contributed by atoms with Crippen molar-refractivity contribution in [2.24, 2.45) is 0 Å². The Balaban J connectivity index is 0.854. The molecule has 21 heteroatoms. The Morgan fingerprint density at radius 2 is 1.69 bits per heavy atom. The lowest BCUT2D eigenvalue weighted by atomic mass is 9.89. The Hall–Kier alpha value is -5.41. The lowest BCUT2D eigenvalue weighted by Crippen LogP contribution is -2.52. The number of hydrogen-bond donors (Lipinski definition) is 2. The molecule has 2 N–H and O–H groups in total. The third-order valence-corrected chi connectivity index (χ3v) is 12.9. The number of fused-ring (bicyclic) bond motifs is 1. The van der Waals surface area contributed by atoms with Gasteiger partial charge in [0, 0.05) is 81.2 Å². The molecule has 4 aliphatic rings. The van der Waals surface area contributed by atoms with E-state index in [1.807, 2.05) is 18.2 Å². The highest BCUT2D eigenvalue weighted by Gasteiger charge is 2.41. The van der Waals surface area contributed by atoms with Crippen molar-refractivity contribution in [2.75, 3.05) is 31.5 Å². The van der Waals surface area contributed by atoms with Crippen LogP contribution in [0.3, 0.4) is 0 Å². The Morgan fingerprint density at radius 3 is 2.41 bits per heavy atom. The number of sulfonamides is 1. The van der Waals surface area contributed by atoms with E-state index < -0.39 is 58.2 Å². The van der Waals surface area contributed by atoms with Gasteiger partial charge in [-0.3, -0.25) is 29.3 Å². The predicted molar refractivity (Wildman–Crippen MR) is 197 cm³/mol. The van der Waals surface area contributed by atoms with Gasteiger partial charge in [-0.05, 0) is 54.2 Å². The van der Waals surface area contributed by atoms with Gasteiger partial charge in [0.05, 0.1) is 16.8 Å². The van der Waals surface area contributed by atoms with E-state index in [0.29, 0.717) is 49.0 Å². The maximum Gasteiger partial charge on any atom is 0.419 e. The standard InChI is InChI=1S/C38H37F6N9O5S/c39-37(40,41)21-51-19-25(14-46-51)33-30(38(42,43)44)15-45-36(49-33)47-27-8-10-52(11-9-27)59(57,58)28-3-1-2-22(12-28)16-50-17-26(18-50)23-4-5-29-24(13-23)20-53(35(29)56)31-6-7-32(54)48-34(31)55/h1-5,12-15,19,26-27,31H,6-11,16-18,20-21H2,(H,45,47,49)(H,48,54,55). The summed E-state index contributed by atoms with van der Waals surface area (Å²) in [5.74, 6) is -1.02. The van der Waals surface area contributed by atoms with Crippen LogP contribution in [-0.4, -0.2) is 104 Å². The zero-order chi connectivity index (χ0) is 41.9. The number of nitrogens with zero attached hydrogens (tertiary/aromatic N) is 7. The van der Waals surface area contributed by atoms with E-state index in [-0.39, 0.29) is 66.5 Å². The summed E-state index contributed by atoms with van der Waals surface area (Å²) in [5, 5.41) is 8.79. The molecule has 2 aromatic carbocycles. The zero-order valence-electron chi connectivity index (χ0n) is 31.1. The molecular weight excluding hydrogens is 809 g/mol. The highest BCUT2D eigenvalue weighted by Crippen LogP contribution is 2.37. The molecule has 3 fully saturated rings. The van der Waals surface area contributed by atoms with E-state index >= 15 is 0 Å². The first-order valence-corrected chi connectivity index (χ1v) is 20.2. The van der Waals surface area contributed by atoms with Crippen molar-refractivity contribution in [3.63, 3.8) is 0 Å². The number of halogens is 6. The van der Waals surface area contributed by atoms with Crippen LogP contribution < -0.4 is 10.6 Å². The van der Waals surface area contributed by atoms with Crippen LogP contribution >= 0.6 is 0 Å². The number of amides is 3. The van der Waals surface area contributed by atoms with Crippen molar-refractivity contribution in [3.8, 4) is 11.3 Å². The fraction of sp³-hybridized carbons (Fsp3) is 0.421. The van der Waals surface area contributed by atoms with Crippen molar-refractivity contribution in [1.82, 2.24) is 39.2 Å². The molecule has 0 spiro atoms. The molecule has 1 atom stereocenters. The molecule has 1 unspecified atom stereocenters. The fourth-order valence-corrected chi connectivity index (χ4v) is 9.57. The summed E-state index contributed by atoms with van der Waals surface area (Å²) in [4.78, 5) is 48.7. The summed E-state index contributed by atoms with van der Waals surface area (Å²) in [7, 11) is -3.90. The Labute approximate surface area is 333 Å². The highest BCUT2D eigenvalue weighted by molar-refractivity contribution is 7.89. The van der Waals surface area contributed by atoms with Gasteiger partial charge in [0.15, 0.2) is 0 Å². The smallest absolute Gasteiger partial charge is 0.351 e. The predicted octanol–water partition coefficient (Wildman–Crippen LogP) is 4.55. The van der Waals surface area contributed by atoms with Crippen LogP contribution in [0.5, 0.6) is 0 Å². The molecule has 4 aliphatic heterocycles. The van der Waals surface area contributed by atoms with Crippen LogP contribution in [0, 0.1) is 0 Å². The minimum Gasteiger partial charge on any atom is -0.351 e. The van der Waals surface area contributed by atoms with Crippen LogP contribution in [0.1, 0.15) is 64.2 Å². The van der Waals surface area contributed by atoms with Gasteiger partial charge in [0.1, 0.15) is 18.2 Å². The van der Waals surface area contributed by atoms with Gasteiger partial charge in [0.25, 0.3) is 5.91 Å². The SMILES string of the molecule is O=C1CCC(N2Cc3cc(C4CN(Cc5cccc(S(=O)(=O)N6CCC(Nc7ncc(C(F)(F)F)c(-c8cnn(CC(F)(F)F)c8)n7)CC6)c5)C4)ccc3C2=O)C(=O)N1. The molecule has 0 bridgehead atoms. The summed E-state index contributed by atoms with van der Waals surface area (Å²) in [6.45, 7) is 0.953. The minimum absolute atomic E-state index is 0.105. The number of imide groups is 1. The van der Waals surface area contributed by atoms with Crippen LogP contribution in [0.4, 0.5) is 32.3 Å². The number of alkyl halides is 6. The number of nitrogens with one attached hydrogen (secondary N) is 2. The number of aromatic nitrogens is 4. The maximum absolute atomic E-state index is 13.8. The largest absolute Gasteiger partial charge is 0.419 e. The van der Waals surface area contributed by atoms with Gasteiger partial charge in [-0.25, -0.2) is 18.4 Å². The van der Waals surface area contributed by atoms with Crippen LogP contribution in [0.2, 0.25) is 0 Å². The van der Waals surface area contributed by atoms with E-state index in [2.05, 4.69) is 30.6 Å². The second kappa shape index (κ2) is 15.3. The van der Waals surface area contributed by atoms with Crippen LogP contribution in [0.15, 0.2) is 66.0 Å². The van der Waals surface area contributed by atoms with Gasteiger partial charge in [-0.2, -0.15) is 35.7 Å². The molecular formula is C38H37F6N9O5S. The molecule has 312 valence electrons. The molecule has 0 radical (unpaired) electrons. The first-order valence-electron chi connectivity index (χ1n) is 18.8. The summed E-state index contributed by atoms with van der Waals surface area (Å²) in [6, 6.07) is 11.3. The summed E-state index contributed by atoms with van der Waals surface area (Å²) < 4.78 is 109. The number of carbonyl (C=O) groups is 3. The first-order chi connectivity index (χ1) is 27.9. The molecule has 0 saturated carbocycles. The van der Waals surface area contributed by atoms with Crippen molar-refractivity contribution < 1.29 is 49.1 Å². The van der Waals surface area contributed by atoms with Crippen molar-refractivity contribution in [2.45, 2.75) is 80.6 Å². The third-order valence-electron chi connectivity index (χ3n) is 11.0. The minimum atomic E-state index is -4.90. The summed E-state index contributed by atoms with van der Waals surface area (Å²) in [6.07, 6.45) is -6.25. The van der Waals surface area contributed by atoms with Gasteiger partial charge in [-0.1, -0.05) is 24.3 Å². The summed E-state index contributed by atoms with van der Waals surface area (Å²) in [5.41, 5.74) is 1.10. The van der Waals surface area contributed by atoms with Gasteiger partial charge in [-0.15, -0.1) is 0 Å². The normalized spacial score (nSPS) is 20.1. The number of benzene rings is 2. The number of rotatable bonds is 10. The number of anilines is 1. The molecule has 8 rings (SSSR count). The lowest BCUT2D eigenvalue weighted by Gasteiger charge is -2.40. The molecule has 4 aromatic rings. The van der Waals surface area contributed by atoms with Gasteiger partial charge >= 0.3 is 12.4 Å². The monoisotopic (exact) mass is 845 g/mol. The second-order valence-corrected chi connectivity index (χ2v) is 17.1. The van der Waals surface area contributed by atoms with Crippen molar-refractivity contribution >= 4 is 33.7 Å². The maximum atomic E-state index is 13.8. The van der Waals surface area contributed by atoms with Gasteiger partial charge < -0.3 is 10.2 Å². The highest BCUT2D eigenvalue weighted by atomic mass is 32.2. The second-order valence-electron chi connectivity index (χ2n) is 15.2. The Morgan fingerprint density at radius 1 is 0.932 bits per heavy atom. The molecule has 2 aromatic heterocycles. The van der Waals surface area contributed by atoms with E-state index in [1.54, 1.807) is 18.2 Å². The van der Waals surface area contributed by atoms with E-state index in [1.165, 1.54) is 15.3 Å². The number of piperidine rings is 2.